The molecule has 1 aliphatic carbocycles. The van der Waals surface area contributed by atoms with Gasteiger partial charge in [0.05, 0.1) is 18.6 Å². The van der Waals surface area contributed by atoms with E-state index in [0.29, 0.717) is 19.0 Å². The van der Waals surface area contributed by atoms with Gasteiger partial charge in [0, 0.05) is 54.9 Å². The van der Waals surface area contributed by atoms with Gasteiger partial charge in [-0.2, -0.15) is 13.2 Å². The van der Waals surface area contributed by atoms with E-state index in [1.54, 1.807) is 17.5 Å². The number of carbonyl (C=O) groups excluding carboxylic acids is 1. The van der Waals surface area contributed by atoms with Crippen molar-refractivity contribution in [3.63, 3.8) is 0 Å². The fourth-order valence-corrected chi connectivity index (χ4v) is 5.61. The lowest BCUT2D eigenvalue weighted by Crippen LogP contribution is -2.41. The molecule has 0 bridgehead atoms. The van der Waals surface area contributed by atoms with E-state index in [1.165, 1.54) is 24.0 Å². The maximum Gasteiger partial charge on any atom is 0.490 e. The van der Waals surface area contributed by atoms with Crippen molar-refractivity contribution in [3.05, 3.63) is 95.5 Å². The quantitative estimate of drug-likeness (QED) is 0.131. The number of thiazole rings is 1. The Morgan fingerprint density at radius 3 is 2.50 bits per heavy atom. The third-order valence-electron chi connectivity index (χ3n) is 7.40. The molecule has 2 heterocycles. The first kappa shape index (κ1) is 34.6. The molecule has 2 atom stereocenters. The average molecular weight is 657 g/mol. The Morgan fingerprint density at radius 2 is 1.85 bits per heavy atom. The summed E-state index contributed by atoms with van der Waals surface area (Å²) < 4.78 is 33.8. The van der Waals surface area contributed by atoms with E-state index < -0.39 is 12.1 Å². The van der Waals surface area contributed by atoms with Crippen molar-refractivity contribution >= 4 is 23.3 Å². The van der Waals surface area contributed by atoms with Crippen LogP contribution in [0.3, 0.4) is 0 Å². The van der Waals surface area contributed by atoms with Gasteiger partial charge in [-0.1, -0.05) is 67.9 Å². The second-order valence-electron chi connectivity index (χ2n) is 11.1. The van der Waals surface area contributed by atoms with Crippen molar-refractivity contribution in [2.45, 2.75) is 70.4 Å². The van der Waals surface area contributed by atoms with Gasteiger partial charge in [0.25, 0.3) is 0 Å². The number of urea groups is 1. The number of carboxylic acids is 1. The van der Waals surface area contributed by atoms with Gasteiger partial charge in [-0.15, -0.1) is 11.3 Å². The molecule has 0 unspecified atom stereocenters. The van der Waals surface area contributed by atoms with Crippen LogP contribution in [-0.4, -0.2) is 61.8 Å². The number of amides is 2. The molecule has 0 radical (unpaired) electrons. The number of rotatable bonds is 14. The molecule has 9 nitrogen and oxygen atoms in total. The van der Waals surface area contributed by atoms with Gasteiger partial charge in [-0.25, -0.2) is 19.6 Å². The summed E-state index contributed by atoms with van der Waals surface area (Å²) in [6, 6.07) is 19.3. The highest BCUT2D eigenvalue weighted by Crippen LogP contribution is 2.40. The van der Waals surface area contributed by atoms with Gasteiger partial charge in [0.2, 0.25) is 0 Å². The largest absolute Gasteiger partial charge is 0.490 e. The van der Waals surface area contributed by atoms with Crippen LogP contribution in [0, 0.1) is 0 Å². The number of carboxylic acid groups (broad SMARTS) is 1. The smallest absolute Gasteiger partial charge is 0.475 e. The van der Waals surface area contributed by atoms with E-state index in [0.717, 1.165) is 48.7 Å². The summed E-state index contributed by atoms with van der Waals surface area (Å²) in [4.78, 5) is 33.2. The number of hydrogen-bond donors (Lipinski definition) is 3. The first-order chi connectivity index (χ1) is 22.1. The highest BCUT2D eigenvalue weighted by molar-refractivity contribution is 7.13. The normalized spacial score (nSPS) is 15.5. The molecular weight excluding hydrogens is 617 g/mol. The summed E-state index contributed by atoms with van der Waals surface area (Å²) in [5, 5.41) is 17.0. The highest BCUT2D eigenvalue weighted by Gasteiger charge is 2.40. The number of nitrogens with zero attached hydrogens (tertiary/aromatic N) is 4. The lowest BCUT2D eigenvalue weighted by molar-refractivity contribution is -0.192. The van der Waals surface area contributed by atoms with Crippen molar-refractivity contribution in [1.82, 2.24) is 30.1 Å². The van der Waals surface area contributed by atoms with Crippen LogP contribution in [-0.2, 0) is 24.4 Å². The highest BCUT2D eigenvalue weighted by atomic mass is 32.1. The fourth-order valence-electron chi connectivity index (χ4n) is 4.80. The molecule has 1 saturated carbocycles. The van der Waals surface area contributed by atoms with Crippen molar-refractivity contribution in [2.75, 3.05) is 13.1 Å². The number of hydrogen-bond acceptors (Lipinski definition) is 6. The number of imidazole rings is 1. The Bertz CT molecular complexity index is 1500. The van der Waals surface area contributed by atoms with Gasteiger partial charge >= 0.3 is 18.2 Å². The molecule has 1 aliphatic rings. The number of unbranched alkanes of at least 4 members (excludes halogenated alkanes) is 1. The lowest BCUT2D eigenvalue weighted by Gasteiger charge is -2.22. The Kier molecular flexibility index (Phi) is 12.7. The van der Waals surface area contributed by atoms with E-state index in [1.807, 2.05) is 28.1 Å². The molecule has 1 fully saturated rings. The summed E-state index contributed by atoms with van der Waals surface area (Å²) >= 11 is 1.63. The topological polar surface area (TPSA) is 112 Å². The molecule has 2 amide bonds. The van der Waals surface area contributed by atoms with Gasteiger partial charge < -0.3 is 25.2 Å². The number of carbonyl (C=O) groups is 2. The summed E-state index contributed by atoms with van der Waals surface area (Å²) in [5.41, 5.74) is 4.61. The molecule has 5 rings (SSSR count). The zero-order valence-corrected chi connectivity index (χ0v) is 26.4. The van der Waals surface area contributed by atoms with E-state index in [2.05, 4.69) is 76.5 Å². The maximum absolute atomic E-state index is 13.4. The fraction of sp³-hybridized carbons (Fsp3) is 0.394. The third-order valence-corrected chi connectivity index (χ3v) is 8.34. The van der Waals surface area contributed by atoms with Crippen molar-refractivity contribution in [2.24, 2.45) is 0 Å². The van der Waals surface area contributed by atoms with Crippen molar-refractivity contribution in [1.29, 1.82) is 0 Å². The number of alkyl halides is 3. The SMILES string of the molecule is CCCCNCc1ccc(-c2nc(CN(CCCn3ccnc3)C(=O)N[C@@H]3C[C@H]3c3ccccc3)cs2)cc1.O=C(O)C(F)(F)F. The molecule has 246 valence electrons. The summed E-state index contributed by atoms with van der Waals surface area (Å²) in [5.74, 6) is -2.36. The van der Waals surface area contributed by atoms with Gasteiger partial charge in [-0.05, 0) is 36.9 Å². The minimum absolute atomic E-state index is 0.0152. The zero-order chi connectivity index (χ0) is 32.9. The number of nitrogens with one attached hydrogen (secondary N) is 2. The Hall–Kier alpha value is -4.23. The monoisotopic (exact) mass is 656 g/mol. The van der Waals surface area contributed by atoms with Crippen LogP contribution in [0.15, 0.2) is 78.7 Å². The van der Waals surface area contributed by atoms with Gasteiger partial charge in [0.15, 0.2) is 0 Å². The molecule has 3 N–H and O–H groups in total. The van der Waals surface area contributed by atoms with Crippen LogP contribution in [0.2, 0.25) is 0 Å². The first-order valence-electron chi connectivity index (χ1n) is 15.2. The van der Waals surface area contributed by atoms with Crippen LogP contribution in [0.1, 0.15) is 55.3 Å². The van der Waals surface area contributed by atoms with Crippen molar-refractivity contribution < 1.29 is 27.9 Å². The van der Waals surface area contributed by atoms with Gasteiger partial charge in [0.1, 0.15) is 5.01 Å². The second-order valence-corrected chi connectivity index (χ2v) is 11.9. The molecule has 0 saturated heterocycles. The maximum atomic E-state index is 13.4. The molecule has 0 aliphatic heterocycles. The standard InChI is InChI=1S/C31H38N6OS.C2HF3O2/c1-2-3-14-32-20-24-10-12-26(13-11-24)30-34-27(22-39-30)21-37(17-7-16-36-18-15-33-23-36)31(38)35-29-19-28(29)25-8-5-4-6-9-25;3-2(4,5)1(6)7/h4-6,8-13,15,18,22-23,28-29,32H,2-3,7,14,16-17,19-21H2,1H3,(H,35,38);(H,6,7)/t28-,29+;/m0./s1. The zero-order valence-electron chi connectivity index (χ0n) is 25.6. The van der Waals surface area contributed by atoms with Crippen LogP contribution in [0.4, 0.5) is 18.0 Å². The van der Waals surface area contributed by atoms with E-state index in [-0.39, 0.29) is 12.1 Å². The van der Waals surface area contributed by atoms with Crippen molar-refractivity contribution in [3.8, 4) is 10.6 Å². The summed E-state index contributed by atoms with van der Waals surface area (Å²) in [6.07, 6.45) is 4.72. The molecule has 46 heavy (non-hydrogen) atoms. The summed E-state index contributed by atoms with van der Waals surface area (Å²) in [6.45, 7) is 6.11. The number of aryl methyl sites for hydroxylation is 1. The molecular formula is C33H39F3N6O3S. The van der Waals surface area contributed by atoms with Gasteiger partial charge in [-0.3, -0.25) is 0 Å². The van der Waals surface area contributed by atoms with Crippen LogP contribution < -0.4 is 10.6 Å². The number of aromatic nitrogens is 3. The average Bonchev–Trinajstić information content (AvgIpc) is 3.37. The number of halogens is 3. The minimum atomic E-state index is -5.08. The molecule has 2 aromatic heterocycles. The van der Waals surface area contributed by atoms with Crippen LogP contribution in [0.5, 0.6) is 0 Å². The Morgan fingerprint density at radius 1 is 1.11 bits per heavy atom. The first-order valence-corrected chi connectivity index (χ1v) is 16.1. The van der Waals surface area contributed by atoms with E-state index in [9.17, 15) is 18.0 Å². The summed E-state index contributed by atoms with van der Waals surface area (Å²) in [7, 11) is 0. The molecule has 0 spiro atoms. The molecule has 4 aromatic rings. The number of aliphatic carboxylic acids is 1. The van der Waals surface area contributed by atoms with E-state index >= 15 is 0 Å². The lowest BCUT2D eigenvalue weighted by atomic mass is 10.1. The number of benzene rings is 2. The second kappa shape index (κ2) is 16.9. The Balaban J connectivity index is 0.000000617. The molecule has 13 heteroatoms. The minimum Gasteiger partial charge on any atom is -0.475 e. The van der Waals surface area contributed by atoms with Crippen LogP contribution in [0.25, 0.3) is 10.6 Å². The predicted molar refractivity (Wildman–Crippen MR) is 171 cm³/mol. The predicted octanol–water partition coefficient (Wildman–Crippen LogP) is 6.69. The Labute approximate surface area is 270 Å². The van der Waals surface area contributed by atoms with E-state index in [4.69, 9.17) is 14.9 Å². The third kappa shape index (κ3) is 11.0. The van der Waals surface area contributed by atoms with Crippen LogP contribution >= 0.6 is 11.3 Å². The molecule has 2 aromatic carbocycles.